The van der Waals surface area contributed by atoms with E-state index in [2.05, 4.69) is 33.3 Å². The fourth-order valence-electron chi connectivity index (χ4n) is 2.51. The molecular weight excluding hydrogens is 254 g/mol. The predicted molar refractivity (Wildman–Crippen MR) is 82.2 cm³/mol. The summed E-state index contributed by atoms with van der Waals surface area (Å²) in [6.07, 6.45) is 14.0. The third kappa shape index (κ3) is 4.93. The molecule has 0 unspecified atom stereocenters. The molecule has 0 atom stereocenters. The quantitative estimate of drug-likeness (QED) is 0.614. The summed E-state index contributed by atoms with van der Waals surface area (Å²) >= 11 is 1.79. The first-order chi connectivity index (χ1) is 9.40. The lowest BCUT2D eigenvalue weighted by molar-refractivity contribution is 0.328. The molecule has 1 aromatic rings. The van der Waals surface area contributed by atoms with Crippen LogP contribution in [0.3, 0.4) is 0 Å². The van der Waals surface area contributed by atoms with Gasteiger partial charge in [-0.3, -0.25) is 4.68 Å². The standard InChI is InChI=1S/C15H23N3S/c1-2-11-19-12-9-16-13-14-8-10-18(17-14)15-6-4-3-5-7-15/h1,8,10,15-16H,3-7,9,11-13H2. The summed E-state index contributed by atoms with van der Waals surface area (Å²) in [6, 6.07) is 2.77. The van der Waals surface area contributed by atoms with Crippen LogP contribution < -0.4 is 5.32 Å². The van der Waals surface area contributed by atoms with Crippen molar-refractivity contribution >= 4 is 11.8 Å². The molecule has 0 aliphatic heterocycles. The molecule has 1 N–H and O–H groups in total. The molecule has 1 fully saturated rings. The average molecular weight is 277 g/mol. The highest BCUT2D eigenvalue weighted by Crippen LogP contribution is 2.27. The van der Waals surface area contributed by atoms with E-state index in [9.17, 15) is 0 Å². The molecule has 1 aromatic heterocycles. The fraction of sp³-hybridized carbons (Fsp3) is 0.667. The highest BCUT2D eigenvalue weighted by Gasteiger charge is 2.15. The predicted octanol–water partition coefficient (Wildman–Crippen LogP) is 2.84. The first-order valence-corrected chi connectivity index (χ1v) is 8.31. The van der Waals surface area contributed by atoms with Crippen molar-refractivity contribution in [2.24, 2.45) is 0 Å². The smallest absolute Gasteiger partial charge is 0.0762 e. The molecule has 0 aromatic carbocycles. The van der Waals surface area contributed by atoms with Crippen molar-refractivity contribution in [3.05, 3.63) is 18.0 Å². The summed E-state index contributed by atoms with van der Waals surface area (Å²) < 4.78 is 2.17. The van der Waals surface area contributed by atoms with Gasteiger partial charge in [-0.25, -0.2) is 0 Å². The van der Waals surface area contributed by atoms with Crippen LogP contribution in [0.25, 0.3) is 0 Å². The minimum Gasteiger partial charge on any atom is -0.310 e. The van der Waals surface area contributed by atoms with Crippen LogP contribution in [0.5, 0.6) is 0 Å². The molecule has 3 nitrogen and oxygen atoms in total. The second kappa shape index (κ2) is 8.29. The Bertz CT molecular complexity index is 402. The number of thioether (sulfide) groups is 1. The van der Waals surface area contributed by atoms with E-state index in [1.165, 1.54) is 32.1 Å². The van der Waals surface area contributed by atoms with Crippen molar-refractivity contribution in [3.8, 4) is 12.3 Å². The van der Waals surface area contributed by atoms with Crippen LogP contribution in [0.1, 0.15) is 43.8 Å². The van der Waals surface area contributed by atoms with Crippen LogP contribution in [0.4, 0.5) is 0 Å². The Hall–Kier alpha value is -0.920. The molecule has 2 rings (SSSR count). The molecule has 1 aliphatic carbocycles. The van der Waals surface area contributed by atoms with E-state index < -0.39 is 0 Å². The fourth-order valence-corrected chi connectivity index (χ4v) is 3.06. The summed E-state index contributed by atoms with van der Waals surface area (Å²) in [5, 5.41) is 8.09. The molecule has 0 amide bonds. The van der Waals surface area contributed by atoms with Crippen LogP contribution in [0.15, 0.2) is 12.3 Å². The van der Waals surface area contributed by atoms with Crippen LogP contribution in [-0.4, -0.2) is 27.8 Å². The van der Waals surface area contributed by atoms with E-state index in [4.69, 9.17) is 6.42 Å². The minimum absolute atomic E-state index is 0.633. The highest BCUT2D eigenvalue weighted by molar-refractivity contribution is 7.99. The Morgan fingerprint density at radius 1 is 1.42 bits per heavy atom. The monoisotopic (exact) mass is 277 g/mol. The van der Waals surface area contributed by atoms with Crippen LogP contribution in [0.2, 0.25) is 0 Å². The van der Waals surface area contributed by atoms with Gasteiger partial charge in [0.05, 0.1) is 17.5 Å². The second-order valence-corrected chi connectivity index (χ2v) is 6.12. The van der Waals surface area contributed by atoms with E-state index in [1.54, 1.807) is 11.8 Å². The first-order valence-electron chi connectivity index (χ1n) is 7.16. The first kappa shape index (κ1) is 14.5. The van der Waals surface area contributed by atoms with Gasteiger partial charge in [0, 0.05) is 25.0 Å². The lowest BCUT2D eigenvalue weighted by atomic mass is 9.96. The Balaban J connectivity index is 1.67. The topological polar surface area (TPSA) is 29.9 Å². The number of nitrogens with zero attached hydrogens (tertiary/aromatic N) is 2. The molecule has 1 saturated carbocycles. The summed E-state index contributed by atoms with van der Waals surface area (Å²) in [5.41, 5.74) is 1.15. The third-order valence-corrected chi connectivity index (χ3v) is 4.39. The van der Waals surface area contributed by atoms with Gasteiger partial charge in [0.15, 0.2) is 0 Å². The molecule has 0 bridgehead atoms. The summed E-state index contributed by atoms with van der Waals surface area (Å²) in [5.74, 6) is 4.50. The normalized spacial score (nSPS) is 16.4. The van der Waals surface area contributed by atoms with Gasteiger partial charge in [-0.1, -0.05) is 25.2 Å². The zero-order valence-electron chi connectivity index (χ0n) is 11.5. The minimum atomic E-state index is 0.633. The van der Waals surface area contributed by atoms with Crippen LogP contribution >= 0.6 is 11.8 Å². The van der Waals surface area contributed by atoms with Crippen molar-refractivity contribution in [1.82, 2.24) is 15.1 Å². The maximum atomic E-state index is 5.20. The van der Waals surface area contributed by atoms with Crippen LogP contribution in [-0.2, 0) is 6.54 Å². The van der Waals surface area contributed by atoms with E-state index >= 15 is 0 Å². The largest absolute Gasteiger partial charge is 0.310 e. The molecule has 4 heteroatoms. The van der Waals surface area contributed by atoms with Gasteiger partial charge in [0.2, 0.25) is 0 Å². The average Bonchev–Trinajstić information content (AvgIpc) is 2.92. The number of hydrogen-bond donors (Lipinski definition) is 1. The number of rotatable bonds is 7. The van der Waals surface area contributed by atoms with Gasteiger partial charge in [-0.15, -0.1) is 18.2 Å². The third-order valence-electron chi connectivity index (χ3n) is 3.53. The van der Waals surface area contributed by atoms with Gasteiger partial charge in [-0.2, -0.15) is 5.10 Å². The molecule has 1 heterocycles. The number of aromatic nitrogens is 2. The van der Waals surface area contributed by atoms with E-state index in [1.807, 2.05) is 0 Å². The van der Waals surface area contributed by atoms with E-state index in [0.29, 0.717) is 6.04 Å². The molecule has 104 valence electrons. The maximum absolute atomic E-state index is 5.20. The highest BCUT2D eigenvalue weighted by atomic mass is 32.2. The SMILES string of the molecule is C#CCSCCNCc1ccn(C2CCCCC2)n1. The Morgan fingerprint density at radius 3 is 3.05 bits per heavy atom. The van der Waals surface area contributed by atoms with Crippen molar-refractivity contribution < 1.29 is 0 Å². The molecule has 0 radical (unpaired) electrons. The van der Waals surface area contributed by atoms with E-state index in [-0.39, 0.29) is 0 Å². The van der Waals surface area contributed by atoms with Crippen LogP contribution in [0, 0.1) is 12.3 Å². The van der Waals surface area contributed by atoms with Gasteiger partial charge in [-0.05, 0) is 18.9 Å². The van der Waals surface area contributed by atoms with Gasteiger partial charge in [0.25, 0.3) is 0 Å². The lowest BCUT2D eigenvalue weighted by Gasteiger charge is -2.21. The maximum Gasteiger partial charge on any atom is 0.0762 e. The van der Waals surface area contributed by atoms with Gasteiger partial charge in [0.1, 0.15) is 0 Å². The van der Waals surface area contributed by atoms with Gasteiger partial charge >= 0.3 is 0 Å². The zero-order valence-corrected chi connectivity index (χ0v) is 12.3. The van der Waals surface area contributed by atoms with Gasteiger partial charge < -0.3 is 5.32 Å². The number of hydrogen-bond acceptors (Lipinski definition) is 3. The molecule has 0 saturated heterocycles. The van der Waals surface area contributed by atoms with Crippen molar-refractivity contribution in [2.75, 3.05) is 18.1 Å². The summed E-state index contributed by atoms with van der Waals surface area (Å²) in [4.78, 5) is 0. The van der Waals surface area contributed by atoms with E-state index in [0.717, 1.165) is 30.3 Å². The summed E-state index contributed by atoms with van der Waals surface area (Å²) in [6.45, 7) is 1.85. The van der Waals surface area contributed by atoms with Crippen molar-refractivity contribution in [3.63, 3.8) is 0 Å². The van der Waals surface area contributed by atoms with Crippen molar-refractivity contribution in [1.29, 1.82) is 0 Å². The van der Waals surface area contributed by atoms with Crippen molar-refractivity contribution in [2.45, 2.75) is 44.7 Å². The molecular formula is C15H23N3S. The molecule has 1 aliphatic rings. The molecule has 19 heavy (non-hydrogen) atoms. The Kier molecular flexibility index (Phi) is 6.32. The Labute approximate surface area is 120 Å². The number of terminal acetylenes is 1. The molecule has 0 spiro atoms. The Morgan fingerprint density at radius 2 is 2.26 bits per heavy atom. The number of nitrogens with one attached hydrogen (secondary N) is 1. The lowest BCUT2D eigenvalue weighted by Crippen LogP contribution is -2.18. The summed E-state index contributed by atoms with van der Waals surface area (Å²) in [7, 11) is 0. The zero-order chi connectivity index (χ0) is 13.3. The second-order valence-electron chi connectivity index (χ2n) is 5.01.